The molecule has 1 amide bonds. The summed E-state index contributed by atoms with van der Waals surface area (Å²) in [6.45, 7) is 3.90. The number of aryl methyl sites for hydroxylation is 1. The van der Waals surface area contributed by atoms with Crippen molar-refractivity contribution in [3.63, 3.8) is 0 Å². The van der Waals surface area contributed by atoms with Gasteiger partial charge in [0.1, 0.15) is 5.82 Å². The van der Waals surface area contributed by atoms with Crippen molar-refractivity contribution >= 4 is 28.3 Å². The summed E-state index contributed by atoms with van der Waals surface area (Å²) in [5, 5.41) is 8.56. The lowest BCUT2D eigenvalue weighted by Crippen LogP contribution is -2.29. The second kappa shape index (κ2) is 7.27. The van der Waals surface area contributed by atoms with Crippen molar-refractivity contribution in [1.29, 1.82) is 0 Å². The Kier molecular flexibility index (Phi) is 4.36. The summed E-state index contributed by atoms with van der Waals surface area (Å²) < 4.78 is 7.33. The maximum Gasteiger partial charge on any atom is 0.294 e. The largest absolute Gasteiger partial charge is 0.381 e. The number of H-pyrrole nitrogens is 1. The molecule has 8 nitrogen and oxygen atoms in total. The number of nitrogens with one attached hydrogen (secondary N) is 1. The number of rotatable bonds is 2. The number of aromatic amines is 1. The highest BCUT2D eigenvalue weighted by atomic mass is 16.5. The normalized spacial score (nSPS) is 16.7. The molecule has 1 saturated heterocycles. The fourth-order valence-electron chi connectivity index (χ4n) is 4.99. The Morgan fingerprint density at radius 1 is 1.16 bits per heavy atom. The van der Waals surface area contributed by atoms with E-state index in [1.54, 1.807) is 0 Å². The Labute approximate surface area is 183 Å². The number of amides is 1. The van der Waals surface area contributed by atoms with Crippen LogP contribution in [0, 0.1) is 6.92 Å². The molecule has 0 atom stereocenters. The predicted molar refractivity (Wildman–Crippen MR) is 120 cm³/mol. The Morgan fingerprint density at radius 2 is 1.97 bits per heavy atom. The van der Waals surface area contributed by atoms with Crippen LogP contribution in [0.3, 0.4) is 0 Å². The minimum atomic E-state index is -0.282. The van der Waals surface area contributed by atoms with Crippen LogP contribution in [0.15, 0.2) is 41.2 Å². The molecule has 0 spiro atoms. The van der Waals surface area contributed by atoms with E-state index in [1.807, 2.05) is 46.6 Å². The van der Waals surface area contributed by atoms with Crippen LogP contribution >= 0.6 is 0 Å². The van der Waals surface area contributed by atoms with Gasteiger partial charge in [-0.15, -0.1) is 10.2 Å². The van der Waals surface area contributed by atoms with E-state index in [0.717, 1.165) is 41.9 Å². The monoisotopic (exact) mass is 429 g/mol. The zero-order chi connectivity index (χ0) is 21.8. The van der Waals surface area contributed by atoms with Gasteiger partial charge in [-0.3, -0.25) is 14.0 Å². The van der Waals surface area contributed by atoms with Gasteiger partial charge in [0.05, 0.1) is 11.0 Å². The molecule has 4 aromatic rings. The van der Waals surface area contributed by atoms with Crippen molar-refractivity contribution in [1.82, 2.24) is 19.6 Å². The van der Waals surface area contributed by atoms with Crippen molar-refractivity contribution in [3.8, 4) is 0 Å². The van der Waals surface area contributed by atoms with Gasteiger partial charge in [-0.25, -0.2) is 0 Å². The average molecular weight is 429 g/mol. The SMILES string of the molecule is Cc1cc2[nH]c(=O)c3nnc(C4CCOCC4)n3c2cc1C(=O)N1CCc2ccccc21. The number of hydrogen-bond acceptors (Lipinski definition) is 5. The van der Waals surface area contributed by atoms with Crippen LogP contribution in [-0.2, 0) is 11.2 Å². The number of nitrogens with zero attached hydrogens (tertiary/aromatic N) is 4. The molecule has 2 aliphatic rings. The summed E-state index contributed by atoms with van der Waals surface area (Å²) in [6, 6.07) is 11.8. The molecular formula is C24H23N5O3. The van der Waals surface area contributed by atoms with Crippen molar-refractivity contribution in [2.45, 2.75) is 32.1 Å². The van der Waals surface area contributed by atoms with Crippen molar-refractivity contribution in [2.24, 2.45) is 0 Å². The number of carbonyl (C=O) groups is 1. The summed E-state index contributed by atoms with van der Waals surface area (Å²) in [5.74, 6) is 0.886. The van der Waals surface area contributed by atoms with Crippen molar-refractivity contribution in [2.75, 3.05) is 24.7 Å². The van der Waals surface area contributed by atoms with Gasteiger partial charge >= 0.3 is 0 Å². The Bertz CT molecular complexity index is 1430. The molecule has 2 aromatic carbocycles. The number of aromatic nitrogens is 4. The van der Waals surface area contributed by atoms with E-state index in [1.165, 1.54) is 5.56 Å². The third kappa shape index (κ3) is 2.86. The maximum absolute atomic E-state index is 13.6. The van der Waals surface area contributed by atoms with E-state index in [2.05, 4.69) is 21.2 Å². The number of anilines is 1. The number of hydrogen-bond donors (Lipinski definition) is 1. The molecule has 32 heavy (non-hydrogen) atoms. The van der Waals surface area contributed by atoms with Crippen LogP contribution in [0.1, 0.15) is 46.1 Å². The topological polar surface area (TPSA) is 92.6 Å². The van der Waals surface area contributed by atoms with Gasteiger partial charge in [-0.05, 0) is 55.5 Å². The first kappa shape index (κ1) is 19.2. The van der Waals surface area contributed by atoms with E-state index in [4.69, 9.17) is 4.74 Å². The molecule has 0 unspecified atom stereocenters. The van der Waals surface area contributed by atoms with Crippen LogP contribution < -0.4 is 10.5 Å². The highest BCUT2D eigenvalue weighted by Gasteiger charge is 2.28. The van der Waals surface area contributed by atoms with Gasteiger partial charge in [0.2, 0.25) is 5.65 Å². The molecule has 2 aromatic heterocycles. The number of para-hydroxylation sites is 1. The molecular weight excluding hydrogens is 406 g/mol. The summed E-state index contributed by atoms with van der Waals surface area (Å²) >= 11 is 0. The van der Waals surface area contributed by atoms with E-state index >= 15 is 0 Å². The van der Waals surface area contributed by atoms with Crippen molar-refractivity contribution in [3.05, 3.63) is 69.3 Å². The fraction of sp³-hybridized carbons (Fsp3) is 0.333. The quantitative estimate of drug-likeness (QED) is 0.529. The molecule has 4 heterocycles. The molecule has 0 saturated carbocycles. The first-order valence-electron chi connectivity index (χ1n) is 11.0. The third-order valence-electron chi connectivity index (χ3n) is 6.67. The minimum Gasteiger partial charge on any atom is -0.381 e. The minimum absolute atomic E-state index is 0.0330. The van der Waals surface area contributed by atoms with E-state index < -0.39 is 0 Å². The molecule has 1 N–H and O–H groups in total. The summed E-state index contributed by atoms with van der Waals surface area (Å²) in [4.78, 5) is 31.0. The lowest BCUT2D eigenvalue weighted by Gasteiger charge is -2.21. The van der Waals surface area contributed by atoms with Crippen LogP contribution in [0.2, 0.25) is 0 Å². The molecule has 8 heteroatoms. The van der Waals surface area contributed by atoms with Crippen LogP contribution in [0.4, 0.5) is 5.69 Å². The number of carbonyl (C=O) groups excluding carboxylic acids is 1. The predicted octanol–water partition coefficient (Wildman–Crippen LogP) is 2.98. The maximum atomic E-state index is 13.6. The van der Waals surface area contributed by atoms with Gasteiger partial charge in [0, 0.05) is 36.9 Å². The molecule has 1 fully saturated rings. The van der Waals surface area contributed by atoms with E-state index in [0.29, 0.717) is 30.8 Å². The van der Waals surface area contributed by atoms with Crippen LogP contribution in [-0.4, -0.2) is 45.2 Å². The van der Waals surface area contributed by atoms with Gasteiger partial charge in [-0.1, -0.05) is 18.2 Å². The zero-order valence-electron chi connectivity index (χ0n) is 17.8. The molecule has 162 valence electrons. The lowest BCUT2D eigenvalue weighted by atomic mass is 9.99. The van der Waals surface area contributed by atoms with Crippen molar-refractivity contribution < 1.29 is 9.53 Å². The second-order valence-electron chi connectivity index (χ2n) is 8.58. The third-order valence-corrected chi connectivity index (χ3v) is 6.67. The van der Waals surface area contributed by atoms with E-state index in [9.17, 15) is 9.59 Å². The molecule has 0 bridgehead atoms. The number of fused-ring (bicyclic) bond motifs is 4. The smallest absolute Gasteiger partial charge is 0.294 e. The van der Waals surface area contributed by atoms with Gasteiger partial charge in [0.15, 0.2) is 0 Å². The van der Waals surface area contributed by atoms with Gasteiger partial charge in [0.25, 0.3) is 11.5 Å². The number of ether oxygens (including phenoxy) is 1. The first-order chi connectivity index (χ1) is 15.6. The lowest BCUT2D eigenvalue weighted by molar-refractivity contribution is 0.0834. The molecule has 2 aliphatic heterocycles. The summed E-state index contributed by atoms with van der Waals surface area (Å²) in [6.07, 6.45) is 2.51. The first-order valence-corrected chi connectivity index (χ1v) is 11.0. The van der Waals surface area contributed by atoms with Crippen LogP contribution in [0.25, 0.3) is 16.7 Å². The van der Waals surface area contributed by atoms with Gasteiger partial charge in [-0.2, -0.15) is 0 Å². The highest BCUT2D eigenvalue weighted by molar-refractivity contribution is 6.09. The summed E-state index contributed by atoms with van der Waals surface area (Å²) in [5.41, 5.74) is 4.99. The number of benzene rings is 2. The Hall–Kier alpha value is -3.52. The second-order valence-corrected chi connectivity index (χ2v) is 8.58. The van der Waals surface area contributed by atoms with E-state index in [-0.39, 0.29) is 23.0 Å². The Morgan fingerprint density at radius 3 is 2.81 bits per heavy atom. The average Bonchev–Trinajstić information content (AvgIpc) is 3.44. The summed E-state index contributed by atoms with van der Waals surface area (Å²) in [7, 11) is 0. The van der Waals surface area contributed by atoms with Gasteiger partial charge < -0.3 is 14.6 Å². The van der Waals surface area contributed by atoms with Crippen LogP contribution in [0.5, 0.6) is 0 Å². The zero-order valence-corrected chi connectivity index (χ0v) is 17.8. The molecule has 0 aliphatic carbocycles. The molecule has 0 radical (unpaired) electrons. The fourth-order valence-corrected chi connectivity index (χ4v) is 4.99. The Balaban J connectivity index is 1.53. The standard InChI is InChI=1S/C24H23N5O3/c1-14-12-18-20(13-17(14)24(31)28-9-6-15-4-2-3-5-19(15)28)29-21(16-7-10-32-11-8-16)26-27-22(29)23(30)25-18/h2-5,12-13,16H,6-11H2,1H3,(H,25,30). The molecule has 6 rings (SSSR count). The highest BCUT2D eigenvalue weighted by Crippen LogP contribution is 2.31.